The van der Waals surface area contributed by atoms with Gasteiger partial charge in [0, 0.05) is 12.0 Å². The SMILES string of the molecule is O=C(CBr)OC1CC(c2ccccc2)Oc2ccccc21. The van der Waals surface area contributed by atoms with Crippen LogP contribution in [0.3, 0.4) is 0 Å². The highest BCUT2D eigenvalue weighted by molar-refractivity contribution is 9.09. The van der Waals surface area contributed by atoms with Crippen LogP contribution in [0.1, 0.15) is 29.8 Å². The summed E-state index contributed by atoms with van der Waals surface area (Å²) in [6.45, 7) is 0. The number of halogens is 1. The third-order valence-electron chi connectivity index (χ3n) is 3.52. The lowest BCUT2D eigenvalue weighted by atomic mass is 9.95. The summed E-state index contributed by atoms with van der Waals surface area (Å²) in [5, 5.41) is 0.197. The number of para-hydroxylation sites is 1. The number of benzene rings is 2. The van der Waals surface area contributed by atoms with Crippen LogP contribution in [0.15, 0.2) is 54.6 Å². The Bertz CT molecular complexity index is 627. The summed E-state index contributed by atoms with van der Waals surface area (Å²) in [7, 11) is 0. The van der Waals surface area contributed by atoms with E-state index in [-0.39, 0.29) is 23.5 Å². The summed E-state index contributed by atoms with van der Waals surface area (Å²) < 4.78 is 11.6. The second kappa shape index (κ2) is 6.31. The first-order valence-electron chi connectivity index (χ1n) is 6.84. The van der Waals surface area contributed by atoms with Crippen LogP contribution in [0.5, 0.6) is 5.75 Å². The molecule has 0 N–H and O–H groups in total. The minimum absolute atomic E-state index is 0.103. The van der Waals surface area contributed by atoms with Crippen LogP contribution in [-0.2, 0) is 9.53 Å². The monoisotopic (exact) mass is 346 g/mol. The zero-order valence-corrected chi connectivity index (χ0v) is 13.0. The van der Waals surface area contributed by atoms with Gasteiger partial charge < -0.3 is 9.47 Å². The maximum Gasteiger partial charge on any atom is 0.317 e. The first kappa shape index (κ1) is 14.1. The standard InChI is InChI=1S/C17H15BrO3/c18-11-17(19)21-16-10-15(12-6-2-1-3-7-12)20-14-9-5-4-8-13(14)16/h1-9,15-16H,10-11H2. The van der Waals surface area contributed by atoms with Gasteiger partial charge in [-0.05, 0) is 11.6 Å². The number of rotatable bonds is 3. The van der Waals surface area contributed by atoms with Gasteiger partial charge in [-0.3, -0.25) is 4.79 Å². The maximum atomic E-state index is 11.6. The molecule has 1 aliphatic heterocycles. The van der Waals surface area contributed by atoms with E-state index in [9.17, 15) is 4.79 Å². The van der Waals surface area contributed by atoms with Crippen LogP contribution in [0.4, 0.5) is 0 Å². The van der Waals surface area contributed by atoms with E-state index in [2.05, 4.69) is 15.9 Å². The molecule has 1 heterocycles. The molecular formula is C17H15BrO3. The lowest BCUT2D eigenvalue weighted by Gasteiger charge is -2.32. The van der Waals surface area contributed by atoms with Crippen molar-refractivity contribution in [3.05, 3.63) is 65.7 Å². The molecule has 21 heavy (non-hydrogen) atoms. The zero-order chi connectivity index (χ0) is 14.7. The van der Waals surface area contributed by atoms with Crippen molar-refractivity contribution in [1.29, 1.82) is 0 Å². The zero-order valence-electron chi connectivity index (χ0n) is 11.4. The molecular weight excluding hydrogens is 332 g/mol. The van der Waals surface area contributed by atoms with E-state index < -0.39 is 0 Å². The first-order chi connectivity index (χ1) is 10.3. The fourth-order valence-corrected chi connectivity index (χ4v) is 2.68. The number of hydrogen-bond acceptors (Lipinski definition) is 3. The molecule has 108 valence electrons. The van der Waals surface area contributed by atoms with Crippen LogP contribution in [0, 0.1) is 0 Å². The molecule has 0 fully saturated rings. The van der Waals surface area contributed by atoms with Crippen molar-refractivity contribution in [2.75, 3.05) is 5.33 Å². The summed E-state index contributed by atoms with van der Waals surface area (Å²) in [5.74, 6) is 0.522. The van der Waals surface area contributed by atoms with Crippen LogP contribution in [-0.4, -0.2) is 11.3 Å². The summed E-state index contributed by atoms with van der Waals surface area (Å²) in [6, 6.07) is 17.7. The van der Waals surface area contributed by atoms with Gasteiger partial charge in [-0.25, -0.2) is 0 Å². The van der Waals surface area contributed by atoms with Crippen molar-refractivity contribution >= 4 is 21.9 Å². The molecule has 3 rings (SSSR count). The van der Waals surface area contributed by atoms with E-state index in [1.165, 1.54) is 0 Å². The molecule has 0 amide bonds. The highest BCUT2D eigenvalue weighted by Crippen LogP contribution is 2.42. The highest BCUT2D eigenvalue weighted by Gasteiger charge is 2.31. The Morgan fingerprint density at radius 2 is 1.86 bits per heavy atom. The van der Waals surface area contributed by atoms with Gasteiger partial charge in [-0.15, -0.1) is 0 Å². The topological polar surface area (TPSA) is 35.5 Å². The molecule has 2 aromatic carbocycles. The second-order valence-electron chi connectivity index (χ2n) is 4.90. The molecule has 2 atom stereocenters. The second-order valence-corrected chi connectivity index (χ2v) is 5.46. The first-order valence-corrected chi connectivity index (χ1v) is 7.96. The molecule has 2 aromatic rings. The van der Waals surface area contributed by atoms with Gasteiger partial charge in [0.2, 0.25) is 0 Å². The van der Waals surface area contributed by atoms with Gasteiger partial charge in [0.05, 0.1) is 0 Å². The Kier molecular flexibility index (Phi) is 4.25. The normalized spacial score (nSPS) is 20.2. The summed E-state index contributed by atoms with van der Waals surface area (Å²) in [6.07, 6.45) is 0.249. The van der Waals surface area contributed by atoms with Gasteiger partial charge >= 0.3 is 5.97 Å². The average Bonchev–Trinajstić information content (AvgIpc) is 2.55. The van der Waals surface area contributed by atoms with E-state index in [0.717, 1.165) is 16.9 Å². The largest absolute Gasteiger partial charge is 0.485 e. The Labute approximate surface area is 132 Å². The van der Waals surface area contributed by atoms with Crippen LogP contribution >= 0.6 is 15.9 Å². The van der Waals surface area contributed by atoms with Crippen LogP contribution in [0.2, 0.25) is 0 Å². The minimum Gasteiger partial charge on any atom is -0.485 e. The highest BCUT2D eigenvalue weighted by atomic mass is 79.9. The number of alkyl halides is 1. The molecule has 0 aliphatic carbocycles. The molecule has 0 aromatic heterocycles. The molecule has 0 saturated heterocycles. The van der Waals surface area contributed by atoms with E-state index >= 15 is 0 Å². The minimum atomic E-state index is -0.273. The summed E-state index contributed by atoms with van der Waals surface area (Å²) in [5.41, 5.74) is 2.02. The van der Waals surface area contributed by atoms with Crippen LogP contribution < -0.4 is 4.74 Å². The fraction of sp³-hybridized carbons (Fsp3) is 0.235. The van der Waals surface area contributed by atoms with Crippen LogP contribution in [0.25, 0.3) is 0 Å². The van der Waals surface area contributed by atoms with E-state index in [4.69, 9.17) is 9.47 Å². The Morgan fingerprint density at radius 1 is 1.14 bits per heavy atom. The third kappa shape index (κ3) is 3.10. The number of ether oxygens (including phenoxy) is 2. The van der Waals surface area contributed by atoms with Crippen molar-refractivity contribution in [2.24, 2.45) is 0 Å². The molecule has 0 spiro atoms. The molecule has 3 nitrogen and oxygen atoms in total. The maximum absolute atomic E-state index is 11.6. The van der Waals surface area contributed by atoms with E-state index in [0.29, 0.717) is 6.42 Å². The molecule has 0 bridgehead atoms. The van der Waals surface area contributed by atoms with Crippen molar-refractivity contribution in [1.82, 2.24) is 0 Å². The summed E-state index contributed by atoms with van der Waals surface area (Å²) in [4.78, 5) is 11.6. The van der Waals surface area contributed by atoms with Gasteiger partial charge in [-0.2, -0.15) is 0 Å². The number of esters is 1. The average molecular weight is 347 g/mol. The number of fused-ring (bicyclic) bond motifs is 1. The van der Waals surface area contributed by atoms with Crippen molar-refractivity contribution in [2.45, 2.75) is 18.6 Å². The van der Waals surface area contributed by atoms with Crippen molar-refractivity contribution < 1.29 is 14.3 Å². The fourth-order valence-electron chi connectivity index (χ4n) is 2.55. The lowest BCUT2D eigenvalue weighted by molar-refractivity contribution is -0.148. The molecule has 0 radical (unpaired) electrons. The number of hydrogen-bond donors (Lipinski definition) is 0. The lowest BCUT2D eigenvalue weighted by Crippen LogP contribution is -2.23. The van der Waals surface area contributed by atoms with Gasteiger partial charge in [0.25, 0.3) is 0 Å². The van der Waals surface area contributed by atoms with E-state index in [1.807, 2.05) is 54.6 Å². The number of carbonyl (C=O) groups is 1. The van der Waals surface area contributed by atoms with Crippen molar-refractivity contribution in [3.63, 3.8) is 0 Å². The number of carbonyl (C=O) groups excluding carboxylic acids is 1. The Morgan fingerprint density at radius 3 is 2.62 bits per heavy atom. The summed E-state index contributed by atoms with van der Waals surface area (Å²) >= 11 is 3.14. The van der Waals surface area contributed by atoms with Gasteiger partial charge in [0.15, 0.2) is 0 Å². The molecule has 2 unspecified atom stereocenters. The Balaban J connectivity index is 1.91. The van der Waals surface area contributed by atoms with E-state index in [1.54, 1.807) is 0 Å². The third-order valence-corrected chi connectivity index (χ3v) is 3.98. The predicted octanol–water partition coefficient (Wildman–Crippen LogP) is 4.19. The van der Waals surface area contributed by atoms with Gasteiger partial charge in [-0.1, -0.05) is 64.5 Å². The van der Waals surface area contributed by atoms with Gasteiger partial charge in [0.1, 0.15) is 23.3 Å². The molecule has 1 aliphatic rings. The van der Waals surface area contributed by atoms with Crippen molar-refractivity contribution in [3.8, 4) is 5.75 Å². The predicted molar refractivity (Wildman–Crippen MR) is 83.5 cm³/mol. The molecule has 0 saturated carbocycles. The Hall–Kier alpha value is -1.81. The molecule has 4 heteroatoms. The quantitative estimate of drug-likeness (QED) is 0.617. The smallest absolute Gasteiger partial charge is 0.317 e.